The average molecular weight is 412 g/mol. The molecule has 1 aromatic heterocycles. The van der Waals surface area contributed by atoms with Crippen LogP contribution in [0.25, 0.3) is 0 Å². The van der Waals surface area contributed by atoms with Crippen LogP contribution in [-0.4, -0.2) is 21.9 Å². The van der Waals surface area contributed by atoms with Crippen molar-refractivity contribution >= 4 is 23.4 Å². The fourth-order valence-electron chi connectivity index (χ4n) is 2.72. The molecular formula is C22H25N3O3S. The molecule has 0 aliphatic carbocycles. The predicted molar refractivity (Wildman–Crippen MR) is 114 cm³/mol. The summed E-state index contributed by atoms with van der Waals surface area (Å²) in [4.78, 5) is 12.2. The first kappa shape index (κ1) is 20.9. The molecule has 0 spiro atoms. The maximum Gasteiger partial charge on any atom is 0.277 e. The van der Waals surface area contributed by atoms with Crippen LogP contribution in [0.2, 0.25) is 0 Å². The van der Waals surface area contributed by atoms with Crippen LogP contribution < -0.4 is 10.1 Å². The Morgan fingerprint density at radius 1 is 1.14 bits per heavy atom. The molecule has 3 aromatic rings. The molecule has 0 saturated heterocycles. The number of rotatable bonds is 8. The van der Waals surface area contributed by atoms with Crippen LogP contribution in [0.15, 0.2) is 52.1 Å². The topological polar surface area (TPSA) is 77.2 Å². The number of aromatic nitrogens is 2. The van der Waals surface area contributed by atoms with Crippen molar-refractivity contribution in [3.05, 3.63) is 65.0 Å². The number of hydrogen-bond donors (Lipinski definition) is 1. The first-order valence-electron chi connectivity index (χ1n) is 9.46. The van der Waals surface area contributed by atoms with E-state index in [0.717, 1.165) is 22.6 Å². The Morgan fingerprint density at radius 2 is 1.90 bits per heavy atom. The normalized spacial score (nSPS) is 10.9. The van der Waals surface area contributed by atoms with E-state index in [2.05, 4.69) is 29.4 Å². The third-order valence-corrected chi connectivity index (χ3v) is 5.16. The minimum absolute atomic E-state index is 0.122. The number of hydrogen-bond acceptors (Lipinski definition) is 6. The van der Waals surface area contributed by atoms with Gasteiger partial charge in [0.15, 0.2) is 6.61 Å². The van der Waals surface area contributed by atoms with Crippen LogP contribution in [0.1, 0.15) is 42.3 Å². The molecule has 0 saturated carbocycles. The van der Waals surface area contributed by atoms with E-state index < -0.39 is 0 Å². The molecule has 0 aliphatic rings. The molecule has 0 radical (unpaired) electrons. The molecule has 0 unspecified atom stereocenters. The minimum atomic E-state index is -0.122. The smallest absolute Gasteiger partial charge is 0.277 e. The number of ether oxygens (including phenoxy) is 1. The van der Waals surface area contributed by atoms with Gasteiger partial charge < -0.3 is 14.5 Å². The first-order chi connectivity index (χ1) is 13.9. The second-order valence-electron chi connectivity index (χ2n) is 7.13. The molecule has 3 rings (SSSR count). The molecular weight excluding hydrogens is 386 g/mol. The van der Waals surface area contributed by atoms with Gasteiger partial charge in [-0.15, -0.1) is 10.2 Å². The lowest BCUT2D eigenvalue weighted by Crippen LogP contribution is -2.14. The fourth-order valence-corrected chi connectivity index (χ4v) is 3.30. The van der Waals surface area contributed by atoms with Crippen molar-refractivity contribution in [2.45, 2.75) is 45.4 Å². The van der Waals surface area contributed by atoms with Gasteiger partial charge in [0, 0.05) is 5.69 Å². The summed E-state index contributed by atoms with van der Waals surface area (Å²) in [5.74, 6) is 1.66. The highest BCUT2D eigenvalue weighted by molar-refractivity contribution is 7.99. The third kappa shape index (κ3) is 6.09. The molecule has 7 heteroatoms. The number of amides is 1. The minimum Gasteiger partial charge on any atom is -0.484 e. The van der Waals surface area contributed by atoms with Gasteiger partial charge in [0.2, 0.25) is 5.91 Å². The van der Waals surface area contributed by atoms with E-state index in [1.807, 2.05) is 56.3 Å². The molecule has 0 fully saturated rings. The van der Waals surface area contributed by atoms with Crippen LogP contribution in [0.4, 0.5) is 5.69 Å². The van der Waals surface area contributed by atoms with E-state index >= 15 is 0 Å². The van der Waals surface area contributed by atoms with Crippen molar-refractivity contribution in [2.75, 3.05) is 11.1 Å². The highest BCUT2D eigenvalue weighted by Crippen LogP contribution is 2.21. The van der Waals surface area contributed by atoms with E-state index in [-0.39, 0.29) is 18.3 Å². The molecule has 2 aromatic carbocycles. The zero-order valence-electron chi connectivity index (χ0n) is 17.1. The molecule has 1 N–H and O–H groups in total. The van der Waals surface area contributed by atoms with Gasteiger partial charge in [0.1, 0.15) is 5.75 Å². The quantitative estimate of drug-likeness (QED) is 0.519. The zero-order valence-corrected chi connectivity index (χ0v) is 17.9. The highest BCUT2D eigenvalue weighted by atomic mass is 32.2. The number of carbonyl (C=O) groups excluding carboxylic acids is 1. The monoisotopic (exact) mass is 411 g/mol. The van der Waals surface area contributed by atoms with Crippen LogP contribution in [0.3, 0.4) is 0 Å². The van der Waals surface area contributed by atoms with Crippen molar-refractivity contribution in [1.82, 2.24) is 10.2 Å². The maximum atomic E-state index is 12.2. The number of nitrogens with one attached hydrogen (secondary N) is 1. The van der Waals surface area contributed by atoms with Crippen LogP contribution in [-0.2, 0) is 11.4 Å². The molecule has 1 heterocycles. The Balaban J connectivity index is 1.46. The second-order valence-corrected chi connectivity index (χ2v) is 8.06. The van der Waals surface area contributed by atoms with Gasteiger partial charge in [-0.2, -0.15) is 0 Å². The van der Waals surface area contributed by atoms with Gasteiger partial charge in [-0.05, 0) is 49.1 Å². The van der Waals surface area contributed by atoms with Gasteiger partial charge in [-0.1, -0.05) is 55.4 Å². The molecule has 0 atom stereocenters. The molecule has 1 amide bonds. The summed E-state index contributed by atoms with van der Waals surface area (Å²) in [6.07, 6.45) is 0. The zero-order chi connectivity index (χ0) is 20.8. The summed E-state index contributed by atoms with van der Waals surface area (Å²) in [6, 6.07) is 13.9. The number of anilines is 1. The Morgan fingerprint density at radius 3 is 2.59 bits per heavy atom. The van der Waals surface area contributed by atoms with Crippen molar-refractivity contribution in [3.63, 3.8) is 0 Å². The molecule has 152 valence electrons. The van der Waals surface area contributed by atoms with Gasteiger partial charge in [-0.3, -0.25) is 4.79 Å². The largest absolute Gasteiger partial charge is 0.484 e. The number of benzene rings is 2. The Kier molecular flexibility index (Phi) is 6.93. The summed E-state index contributed by atoms with van der Waals surface area (Å²) in [5.41, 5.74) is 4.26. The van der Waals surface area contributed by atoms with Crippen LogP contribution in [0.5, 0.6) is 5.75 Å². The number of carbonyl (C=O) groups is 1. The molecule has 29 heavy (non-hydrogen) atoms. The Hall–Kier alpha value is -2.80. The Labute approximate surface area is 175 Å². The third-order valence-electron chi connectivity index (χ3n) is 4.34. The molecule has 0 bridgehead atoms. The number of thioether (sulfide) groups is 1. The summed E-state index contributed by atoms with van der Waals surface area (Å²) in [6.45, 7) is 8.47. The standard InChI is InChI=1S/C22H25N3O3S/c1-14(2)17-6-8-18(9-7-17)27-12-21-24-25-22(28-21)29-13-20(26)23-19-10-5-15(3)11-16(19)4/h5-11,14H,12-13H2,1-4H3,(H,23,26). The molecule has 0 aliphatic heterocycles. The Bertz CT molecular complexity index is 968. The van der Waals surface area contributed by atoms with Gasteiger partial charge in [0.05, 0.1) is 5.75 Å². The van der Waals surface area contributed by atoms with Gasteiger partial charge in [0.25, 0.3) is 11.1 Å². The second kappa shape index (κ2) is 9.60. The van der Waals surface area contributed by atoms with Crippen molar-refractivity contribution in [1.29, 1.82) is 0 Å². The van der Waals surface area contributed by atoms with Crippen molar-refractivity contribution in [2.24, 2.45) is 0 Å². The van der Waals surface area contributed by atoms with E-state index in [0.29, 0.717) is 17.0 Å². The lowest BCUT2D eigenvalue weighted by molar-refractivity contribution is -0.113. The first-order valence-corrected chi connectivity index (χ1v) is 10.4. The van der Waals surface area contributed by atoms with Crippen LogP contribution in [0, 0.1) is 13.8 Å². The maximum absolute atomic E-state index is 12.2. The predicted octanol–water partition coefficient (Wildman–Crippen LogP) is 5.12. The van der Waals surface area contributed by atoms with E-state index in [4.69, 9.17) is 9.15 Å². The summed E-state index contributed by atoms with van der Waals surface area (Å²) in [5, 5.41) is 11.2. The van der Waals surface area contributed by atoms with Crippen molar-refractivity contribution in [3.8, 4) is 5.75 Å². The lowest BCUT2D eigenvalue weighted by Gasteiger charge is -2.08. The fraction of sp³-hybridized carbons (Fsp3) is 0.318. The average Bonchev–Trinajstić information content (AvgIpc) is 3.15. The summed E-state index contributed by atoms with van der Waals surface area (Å²) < 4.78 is 11.2. The van der Waals surface area contributed by atoms with E-state index in [1.165, 1.54) is 17.3 Å². The lowest BCUT2D eigenvalue weighted by atomic mass is 10.0. The summed E-state index contributed by atoms with van der Waals surface area (Å²) >= 11 is 1.20. The number of nitrogens with zero attached hydrogens (tertiary/aromatic N) is 2. The molecule has 6 nitrogen and oxygen atoms in total. The highest BCUT2D eigenvalue weighted by Gasteiger charge is 2.11. The van der Waals surface area contributed by atoms with Gasteiger partial charge >= 0.3 is 0 Å². The summed E-state index contributed by atoms with van der Waals surface area (Å²) in [7, 11) is 0. The van der Waals surface area contributed by atoms with Gasteiger partial charge in [-0.25, -0.2) is 0 Å². The van der Waals surface area contributed by atoms with Crippen molar-refractivity contribution < 1.29 is 13.9 Å². The van der Waals surface area contributed by atoms with E-state index in [1.54, 1.807) is 0 Å². The number of aryl methyl sites for hydroxylation is 2. The van der Waals surface area contributed by atoms with Crippen LogP contribution >= 0.6 is 11.8 Å². The van der Waals surface area contributed by atoms with E-state index in [9.17, 15) is 4.79 Å². The SMILES string of the molecule is Cc1ccc(NC(=O)CSc2nnc(COc3ccc(C(C)C)cc3)o2)c(C)c1.